The Bertz CT molecular complexity index is 1260. The molecule has 0 unspecified atom stereocenters. The summed E-state index contributed by atoms with van der Waals surface area (Å²) < 4.78 is 0. The Balaban J connectivity index is -0.000000111. The Morgan fingerprint density at radius 1 is 0.455 bits per heavy atom. The largest absolute Gasteiger partial charge is 0.351 e. The fourth-order valence-electron chi connectivity index (χ4n) is 3.56. The van der Waals surface area contributed by atoms with Gasteiger partial charge in [-0.2, -0.15) is 0 Å². The maximum Gasteiger partial charge on any atom is 0.252 e. The Labute approximate surface area is 348 Å². The summed E-state index contributed by atoms with van der Waals surface area (Å²) in [5.74, 6) is -0.0235. The van der Waals surface area contributed by atoms with Crippen LogP contribution in [0, 0.1) is 0 Å². The molecule has 0 aliphatic heterocycles. The van der Waals surface area contributed by atoms with Crippen LogP contribution < -0.4 is 11.1 Å². The van der Waals surface area contributed by atoms with Crippen molar-refractivity contribution in [1.29, 1.82) is 0 Å². The first-order valence-corrected chi connectivity index (χ1v) is 21.3. The second-order valence-corrected chi connectivity index (χ2v) is 10.7. The van der Waals surface area contributed by atoms with Crippen LogP contribution in [0.15, 0.2) is 121 Å². The fraction of sp³-hybridized carbons (Fsp3) is 0.480. The van der Waals surface area contributed by atoms with Crippen molar-refractivity contribution in [2.75, 3.05) is 13.1 Å². The number of nitrogens with two attached hydrogens (primary N) is 1. The highest BCUT2D eigenvalue weighted by molar-refractivity contribution is 6.67. The summed E-state index contributed by atoms with van der Waals surface area (Å²) in [5.41, 5.74) is 9.45. The first-order valence-electron chi connectivity index (χ1n) is 21.0. The van der Waals surface area contributed by atoms with Gasteiger partial charge in [0.2, 0.25) is 0 Å². The van der Waals surface area contributed by atoms with E-state index in [2.05, 4.69) is 57.3 Å². The SMILES string of the molecule is CC.CC.CC.CC.CC.CC.CC.CC.CC(C)(CN)c1ccccc1.CC(C)(CNC(=O)c1ccccc1)c1ccccc1.O=C(Cl)c1ccccc1. The maximum atomic E-state index is 12.0. The third-order valence-electron chi connectivity index (χ3n) is 6.35. The van der Waals surface area contributed by atoms with Gasteiger partial charge in [-0.1, -0.05) is 248 Å². The lowest BCUT2D eigenvalue weighted by Crippen LogP contribution is -2.36. The quantitative estimate of drug-likeness (QED) is 0.183. The van der Waals surface area contributed by atoms with Crippen LogP contribution in [0.2, 0.25) is 0 Å². The van der Waals surface area contributed by atoms with Gasteiger partial charge in [-0.05, 0) is 34.9 Å². The van der Waals surface area contributed by atoms with Crippen molar-refractivity contribution in [2.24, 2.45) is 5.73 Å². The average Bonchev–Trinajstić information content (AvgIpc) is 3.30. The summed E-state index contributed by atoms with van der Waals surface area (Å²) in [7, 11) is 0. The van der Waals surface area contributed by atoms with E-state index in [1.807, 2.05) is 184 Å². The van der Waals surface area contributed by atoms with Crippen LogP contribution >= 0.6 is 11.6 Å². The lowest BCUT2D eigenvalue weighted by molar-refractivity contribution is 0.0945. The Hall–Kier alpha value is -3.73. The van der Waals surface area contributed by atoms with Crippen molar-refractivity contribution in [3.63, 3.8) is 0 Å². The summed E-state index contributed by atoms with van der Waals surface area (Å²) in [4.78, 5) is 22.4. The summed E-state index contributed by atoms with van der Waals surface area (Å²) >= 11 is 5.16. The molecular weight excluding hydrogens is 696 g/mol. The molecule has 316 valence electrons. The predicted octanol–water partition coefficient (Wildman–Crippen LogP) is 15.6. The highest BCUT2D eigenvalue weighted by Crippen LogP contribution is 2.22. The lowest BCUT2D eigenvalue weighted by Gasteiger charge is -2.25. The highest BCUT2D eigenvalue weighted by atomic mass is 35.5. The zero-order valence-corrected chi connectivity index (χ0v) is 40.0. The molecule has 0 saturated carbocycles. The molecule has 0 bridgehead atoms. The molecule has 4 aromatic carbocycles. The van der Waals surface area contributed by atoms with Crippen molar-refractivity contribution in [3.8, 4) is 0 Å². The summed E-state index contributed by atoms with van der Waals surface area (Å²) in [6.45, 7) is 41.9. The normalized spacial score (nSPS) is 8.47. The Morgan fingerprint density at radius 2 is 0.709 bits per heavy atom. The average molecular weight is 784 g/mol. The monoisotopic (exact) mass is 783 g/mol. The molecule has 3 N–H and O–H groups in total. The number of hydrogen-bond donors (Lipinski definition) is 2. The van der Waals surface area contributed by atoms with Gasteiger partial charge in [0, 0.05) is 35.0 Å². The van der Waals surface area contributed by atoms with Crippen molar-refractivity contribution in [1.82, 2.24) is 5.32 Å². The summed E-state index contributed by atoms with van der Waals surface area (Å²) in [5, 5.41) is 2.59. The van der Waals surface area contributed by atoms with E-state index in [1.54, 1.807) is 24.3 Å². The molecule has 0 saturated heterocycles. The third kappa shape index (κ3) is 35.7. The smallest absolute Gasteiger partial charge is 0.252 e. The van der Waals surface area contributed by atoms with Crippen molar-refractivity contribution in [3.05, 3.63) is 144 Å². The van der Waals surface area contributed by atoms with Crippen LogP contribution in [0.3, 0.4) is 0 Å². The van der Waals surface area contributed by atoms with Crippen LogP contribution in [0.25, 0.3) is 0 Å². The molecule has 0 fully saturated rings. The highest BCUT2D eigenvalue weighted by Gasteiger charge is 2.21. The van der Waals surface area contributed by atoms with Gasteiger partial charge in [0.1, 0.15) is 0 Å². The standard InChI is InChI=1S/C17H19NO.C10H15N.C7H5ClO.8C2H6/c1-17(2,15-11-7-4-8-12-15)13-18-16(19)14-9-5-3-6-10-14;1-10(2,8-11)9-6-4-3-5-7-9;8-7(9)6-4-2-1-3-5-6;8*1-2/h3-12H,13H2,1-2H3,(H,18,19);3-7H,8,11H2,1-2H3;1-5H;8*1-2H3. The number of carbonyl (C=O) groups is 2. The van der Waals surface area contributed by atoms with Crippen LogP contribution in [-0.4, -0.2) is 24.2 Å². The lowest BCUT2D eigenvalue weighted by atomic mass is 9.84. The second kappa shape index (κ2) is 50.3. The fourth-order valence-corrected chi connectivity index (χ4v) is 3.69. The van der Waals surface area contributed by atoms with E-state index >= 15 is 0 Å². The van der Waals surface area contributed by atoms with Gasteiger partial charge in [0.15, 0.2) is 0 Å². The summed E-state index contributed by atoms with van der Waals surface area (Å²) in [6, 6.07) is 38.6. The molecule has 0 aliphatic carbocycles. The van der Waals surface area contributed by atoms with Crippen molar-refractivity contribution < 1.29 is 9.59 Å². The zero-order valence-electron chi connectivity index (χ0n) is 39.2. The van der Waals surface area contributed by atoms with E-state index in [9.17, 15) is 9.59 Å². The number of halogens is 1. The van der Waals surface area contributed by atoms with Crippen molar-refractivity contribution >= 4 is 22.8 Å². The molecule has 4 rings (SSSR count). The molecule has 4 aromatic rings. The van der Waals surface area contributed by atoms with E-state index in [0.717, 1.165) is 0 Å². The van der Waals surface area contributed by atoms with E-state index in [1.165, 1.54) is 11.1 Å². The molecule has 0 spiro atoms. The molecule has 0 aromatic heterocycles. The third-order valence-corrected chi connectivity index (χ3v) is 6.57. The first-order chi connectivity index (χ1) is 26.6. The summed E-state index contributed by atoms with van der Waals surface area (Å²) in [6.07, 6.45) is 0. The molecule has 0 radical (unpaired) electrons. The van der Waals surface area contributed by atoms with Crippen LogP contribution in [-0.2, 0) is 10.8 Å². The van der Waals surface area contributed by atoms with Gasteiger partial charge in [-0.25, -0.2) is 0 Å². The molecule has 55 heavy (non-hydrogen) atoms. The molecule has 5 heteroatoms. The topological polar surface area (TPSA) is 72.2 Å². The second-order valence-electron chi connectivity index (χ2n) is 10.4. The first kappa shape index (κ1) is 66.1. The predicted molar refractivity (Wildman–Crippen MR) is 254 cm³/mol. The molecule has 0 atom stereocenters. The van der Waals surface area contributed by atoms with Gasteiger partial charge in [-0.3, -0.25) is 9.59 Å². The number of carbonyl (C=O) groups excluding carboxylic acids is 2. The molecular formula is C50H87ClN2O2. The van der Waals surface area contributed by atoms with E-state index in [4.69, 9.17) is 17.3 Å². The minimum absolute atomic E-state index is 0.0235. The number of benzene rings is 4. The molecule has 0 heterocycles. The van der Waals surface area contributed by atoms with Crippen molar-refractivity contribution in [2.45, 2.75) is 149 Å². The van der Waals surface area contributed by atoms with E-state index < -0.39 is 5.24 Å². The Morgan fingerprint density at radius 3 is 0.964 bits per heavy atom. The van der Waals surface area contributed by atoms with Gasteiger partial charge < -0.3 is 11.1 Å². The molecule has 4 nitrogen and oxygen atoms in total. The van der Waals surface area contributed by atoms with Gasteiger partial charge >= 0.3 is 0 Å². The Kier molecular flexibility index (Phi) is 60.4. The number of nitrogens with one attached hydrogen (secondary N) is 1. The van der Waals surface area contributed by atoms with Gasteiger partial charge in [0.05, 0.1) is 0 Å². The van der Waals surface area contributed by atoms with Crippen LogP contribution in [0.1, 0.15) is 170 Å². The number of rotatable bonds is 7. The van der Waals surface area contributed by atoms with Gasteiger partial charge in [-0.15, -0.1) is 0 Å². The minimum Gasteiger partial charge on any atom is -0.351 e. The molecule has 0 aliphatic rings. The molecule has 1 amide bonds. The number of amides is 1. The minimum atomic E-state index is -0.407. The van der Waals surface area contributed by atoms with Crippen LogP contribution in [0.4, 0.5) is 0 Å². The van der Waals surface area contributed by atoms with Gasteiger partial charge in [0.25, 0.3) is 11.1 Å². The van der Waals surface area contributed by atoms with E-state index in [-0.39, 0.29) is 16.7 Å². The zero-order chi connectivity index (χ0) is 44.7. The number of hydrogen-bond acceptors (Lipinski definition) is 3. The van der Waals surface area contributed by atoms with E-state index in [0.29, 0.717) is 24.2 Å². The maximum absolute atomic E-state index is 12.0. The van der Waals surface area contributed by atoms with Crippen LogP contribution in [0.5, 0.6) is 0 Å².